The van der Waals surface area contributed by atoms with Crippen LogP contribution in [0.5, 0.6) is 0 Å². The molecule has 0 bridgehead atoms. The van der Waals surface area contributed by atoms with E-state index in [9.17, 15) is 10.1 Å². The molecule has 1 fully saturated rings. The Balaban J connectivity index is 1.85. The predicted molar refractivity (Wildman–Crippen MR) is 88.4 cm³/mol. The van der Waals surface area contributed by atoms with E-state index >= 15 is 0 Å². The lowest BCUT2D eigenvalue weighted by atomic mass is 9.99. The van der Waals surface area contributed by atoms with Crippen molar-refractivity contribution in [2.45, 2.75) is 44.9 Å². The zero-order valence-corrected chi connectivity index (χ0v) is 13.2. The molecule has 1 aromatic carbocycles. The van der Waals surface area contributed by atoms with Crippen LogP contribution in [0.2, 0.25) is 0 Å². The normalized spacial score (nSPS) is 17.3. The molecule has 1 aliphatic carbocycles. The first kappa shape index (κ1) is 14.2. The number of nitro groups is 1. The van der Waals surface area contributed by atoms with Crippen molar-refractivity contribution in [3.8, 4) is 5.69 Å². The average Bonchev–Trinajstić information content (AvgIpc) is 3.25. The fourth-order valence-corrected chi connectivity index (χ4v) is 3.84. The molecule has 2 aliphatic rings. The van der Waals surface area contributed by atoms with Crippen LogP contribution in [-0.2, 0) is 6.42 Å². The van der Waals surface area contributed by atoms with Crippen LogP contribution in [-0.4, -0.2) is 21.2 Å². The second-order valence-corrected chi connectivity index (χ2v) is 6.51. The second-order valence-electron chi connectivity index (χ2n) is 6.51. The van der Waals surface area contributed by atoms with Gasteiger partial charge < -0.3 is 5.32 Å². The van der Waals surface area contributed by atoms with Gasteiger partial charge in [0.25, 0.3) is 5.69 Å². The Morgan fingerprint density at radius 1 is 1.35 bits per heavy atom. The number of benzene rings is 1. The van der Waals surface area contributed by atoms with E-state index in [1.807, 2.05) is 11.6 Å². The summed E-state index contributed by atoms with van der Waals surface area (Å²) < 4.78 is 1.89. The minimum atomic E-state index is -0.349. The molecule has 1 aliphatic heterocycles. The molecule has 0 amide bonds. The fraction of sp³-hybridized carbons (Fsp3) is 0.471. The van der Waals surface area contributed by atoms with Crippen molar-refractivity contribution in [3.63, 3.8) is 0 Å². The topological polar surface area (TPSA) is 73.0 Å². The van der Waals surface area contributed by atoms with Crippen molar-refractivity contribution < 1.29 is 4.92 Å². The molecule has 4 rings (SSSR count). The molecule has 2 heterocycles. The summed E-state index contributed by atoms with van der Waals surface area (Å²) in [7, 11) is 0. The van der Waals surface area contributed by atoms with Crippen LogP contribution in [0.25, 0.3) is 5.69 Å². The number of hydrogen-bond acceptors (Lipinski definition) is 4. The van der Waals surface area contributed by atoms with Crippen molar-refractivity contribution in [1.29, 1.82) is 0 Å². The Kier molecular flexibility index (Phi) is 3.32. The van der Waals surface area contributed by atoms with Gasteiger partial charge in [-0.15, -0.1) is 0 Å². The van der Waals surface area contributed by atoms with Crippen LogP contribution < -0.4 is 5.32 Å². The molecule has 0 unspecified atom stereocenters. The van der Waals surface area contributed by atoms with E-state index in [1.165, 1.54) is 36.9 Å². The van der Waals surface area contributed by atoms with Crippen molar-refractivity contribution in [2.75, 3.05) is 11.9 Å². The maximum Gasteiger partial charge on any atom is 0.271 e. The number of nitrogens with one attached hydrogen (secondary N) is 1. The smallest absolute Gasteiger partial charge is 0.271 e. The molecule has 120 valence electrons. The highest BCUT2D eigenvalue weighted by Crippen LogP contribution is 2.40. The molecule has 6 heteroatoms. The summed E-state index contributed by atoms with van der Waals surface area (Å²) in [5.41, 5.74) is 4.41. The highest BCUT2D eigenvalue weighted by molar-refractivity contribution is 5.60. The zero-order valence-electron chi connectivity index (χ0n) is 13.2. The fourth-order valence-electron chi connectivity index (χ4n) is 3.84. The molecule has 1 saturated carbocycles. The molecular formula is C17H20N4O2. The number of anilines is 1. The van der Waals surface area contributed by atoms with E-state index < -0.39 is 0 Å². The SMILES string of the molecule is Cc1ccc([N+](=O)[O-])cc1-n1nc(C2CCCC2)c2c1NCC2. The molecule has 0 saturated heterocycles. The van der Waals surface area contributed by atoms with E-state index in [1.54, 1.807) is 18.2 Å². The highest BCUT2D eigenvalue weighted by atomic mass is 16.6. The minimum Gasteiger partial charge on any atom is -0.369 e. The number of aromatic nitrogens is 2. The summed E-state index contributed by atoms with van der Waals surface area (Å²) in [6.45, 7) is 2.89. The number of aryl methyl sites for hydroxylation is 1. The zero-order chi connectivity index (χ0) is 16.0. The summed E-state index contributed by atoms with van der Waals surface area (Å²) >= 11 is 0. The summed E-state index contributed by atoms with van der Waals surface area (Å²) in [4.78, 5) is 10.8. The Morgan fingerprint density at radius 2 is 2.13 bits per heavy atom. The quantitative estimate of drug-likeness (QED) is 0.692. The van der Waals surface area contributed by atoms with Crippen LogP contribution in [0.4, 0.5) is 11.5 Å². The minimum absolute atomic E-state index is 0.107. The second kappa shape index (κ2) is 5.37. The molecular weight excluding hydrogens is 292 g/mol. The van der Waals surface area contributed by atoms with E-state index in [4.69, 9.17) is 5.10 Å². The van der Waals surface area contributed by atoms with Gasteiger partial charge >= 0.3 is 0 Å². The maximum atomic E-state index is 11.1. The van der Waals surface area contributed by atoms with Gasteiger partial charge in [0.05, 0.1) is 16.3 Å². The van der Waals surface area contributed by atoms with Crippen molar-refractivity contribution in [2.24, 2.45) is 0 Å². The Bertz CT molecular complexity index is 775. The lowest BCUT2D eigenvalue weighted by Crippen LogP contribution is -2.07. The van der Waals surface area contributed by atoms with E-state index in [0.717, 1.165) is 30.0 Å². The monoisotopic (exact) mass is 312 g/mol. The predicted octanol–water partition coefficient (Wildman–Crippen LogP) is 3.71. The van der Waals surface area contributed by atoms with Gasteiger partial charge in [0.15, 0.2) is 0 Å². The lowest BCUT2D eigenvalue weighted by Gasteiger charge is -2.10. The van der Waals surface area contributed by atoms with Crippen molar-refractivity contribution >= 4 is 11.5 Å². The molecule has 0 radical (unpaired) electrons. The van der Waals surface area contributed by atoms with Gasteiger partial charge in [0.1, 0.15) is 5.82 Å². The number of nitro benzene ring substituents is 1. The summed E-state index contributed by atoms with van der Waals surface area (Å²) in [5.74, 6) is 1.57. The number of non-ortho nitro benzene ring substituents is 1. The molecule has 1 aromatic heterocycles. The standard InChI is InChI=1S/C17H20N4O2/c1-11-6-7-13(21(22)23)10-15(11)20-17-14(8-9-18-17)16(19-20)12-4-2-3-5-12/h6-7,10,12,18H,2-5,8-9H2,1H3. The Hall–Kier alpha value is -2.37. The third kappa shape index (κ3) is 2.29. The largest absolute Gasteiger partial charge is 0.369 e. The highest BCUT2D eigenvalue weighted by Gasteiger charge is 2.30. The first-order valence-corrected chi connectivity index (χ1v) is 8.26. The van der Waals surface area contributed by atoms with Crippen molar-refractivity contribution in [3.05, 3.63) is 45.1 Å². The Labute approximate surface area is 134 Å². The van der Waals surface area contributed by atoms with E-state index in [-0.39, 0.29) is 10.6 Å². The van der Waals surface area contributed by atoms with Gasteiger partial charge in [0.2, 0.25) is 0 Å². The van der Waals surface area contributed by atoms with E-state index in [0.29, 0.717) is 5.92 Å². The molecule has 1 N–H and O–H groups in total. The van der Waals surface area contributed by atoms with Crippen LogP contribution in [0.15, 0.2) is 18.2 Å². The van der Waals surface area contributed by atoms with Gasteiger partial charge in [-0.2, -0.15) is 5.10 Å². The van der Waals surface area contributed by atoms with Gasteiger partial charge in [-0.1, -0.05) is 18.9 Å². The summed E-state index contributed by atoms with van der Waals surface area (Å²) in [5, 5.41) is 19.4. The molecule has 0 atom stereocenters. The van der Waals surface area contributed by atoms with E-state index in [2.05, 4.69) is 5.32 Å². The number of rotatable bonds is 3. The third-order valence-electron chi connectivity index (χ3n) is 5.06. The third-order valence-corrected chi connectivity index (χ3v) is 5.06. The van der Waals surface area contributed by atoms with Gasteiger partial charge in [-0.3, -0.25) is 10.1 Å². The number of hydrogen-bond donors (Lipinski definition) is 1. The van der Waals surface area contributed by atoms with Crippen LogP contribution in [0.1, 0.15) is 48.4 Å². The van der Waals surface area contributed by atoms with Crippen molar-refractivity contribution in [1.82, 2.24) is 9.78 Å². The number of nitrogens with zero attached hydrogens (tertiary/aromatic N) is 3. The maximum absolute atomic E-state index is 11.1. The molecule has 0 spiro atoms. The van der Waals surface area contributed by atoms with Crippen LogP contribution >= 0.6 is 0 Å². The first-order chi connectivity index (χ1) is 11.1. The van der Waals surface area contributed by atoms with Crippen LogP contribution in [0, 0.1) is 17.0 Å². The summed E-state index contributed by atoms with van der Waals surface area (Å²) in [6.07, 6.45) is 5.95. The van der Waals surface area contributed by atoms with Gasteiger partial charge in [-0.05, 0) is 31.7 Å². The van der Waals surface area contributed by atoms with Crippen LogP contribution in [0.3, 0.4) is 0 Å². The Morgan fingerprint density at radius 3 is 2.87 bits per heavy atom. The number of fused-ring (bicyclic) bond motifs is 1. The summed E-state index contributed by atoms with van der Waals surface area (Å²) in [6, 6.07) is 4.97. The first-order valence-electron chi connectivity index (χ1n) is 8.26. The molecule has 23 heavy (non-hydrogen) atoms. The lowest BCUT2D eigenvalue weighted by molar-refractivity contribution is -0.384. The molecule has 2 aromatic rings. The van der Waals surface area contributed by atoms with Gasteiger partial charge in [-0.25, -0.2) is 4.68 Å². The average molecular weight is 312 g/mol. The van der Waals surface area contributed by atoms with Gasteiger partial charge in [0, 0.05) is 30.2 Å². The molecule has 6 nitrogen and oxygen atoms in total.